The molecule has 0 amide bonds. The molecular weight excluding hydrogens is 251 g/mol. The van der Waals surface area contributed by atoms with Crippen LogP contribution in [0, 0.1) is 6.08 Å². The summed E-state index contributed by atoms with van der Waals surface area (Å²) in [6.45, 7) is 0.223. The quantitative estimate of drug-likeness (QED) is 0.776. The largest absolute Gasteiger partial charge is 0.396 e. The number of aliphatic hydroxyl groups is 1. The fraction of sp³-hybridized carbons (Fsp3) is 0.333. The van der Waals surface area contributed by atoms with Gasteiger partial charge in [-0.3, -0.25) is 6.08 Å². The normalized spacial score (nSPS) is 18.8. The molecule has 2 aliphatic rings. The molecule has 0 spiro atoms. The number of hydrogen-bond acceptors (Lipinski definition) is 1. The maximum Gasteiger partial charge on any atom is 0.0442 e. The van der Waals surface area contributed by atoms with Crippen LogP contribution >= 0.6 is 0 Å². The van der Waals surface area contributed by atoms with Crippen LogP contribution in [0.1, 0.15) is 19.3 Å². The van der Waals surface area contributed by atoms with Crippen LogP contribution in [0.25, 0.3) is 0 Å². The zero-order chi connectivity index (χ0) is 9.10. The molecule has 0 unspecified atom stereocenters. The molecule has 0 aromatic rings. The van der Waals surface area contributed by atoms with Crippen molar-refractivity contribution in [3.63, 3.8) is 0 Å². The van der Waals surface area contributed by atoms with Crippen LogP contribution < -0.4 is 0 Å². The van der Waals surface area contributed by atoms with E-state index in [2.05, 4.69) is 30.4 Å². The first-order valence-corrected chi connectivity index (χ1v) is 4.69. The minimum Gasteiger partial charge on any atom is -0.396 e. The molecule has 14 heavy (non-hydrogen) atoms. The van der Waals surface area contributed by atoms with E-state index in [9.17, 15) is 0 Å². The third-order valence-electron chi connectivity index (χ3n) is 2.43. The van der Waals surface area contributed by atoms with Gasteiger partial charge in [-0.1, -0.05) is 18.2 Å². The Hall–Kier alpha value is -0.197. The van der Waals surface area contributed by atoms with Crippen LogP contribution in [0.15, 0.2) is 41.0 Å². The first-order chi connectivity index (χ1) is 6.42. The molecule has 0 atom stereocenters. The zero-order valence-electron chi connectivity index (χ0n) is 8.09. The molecule has 1 N–H and O–H groups in total. The fourth-order valence-electron chi connectivity index (χ4n) is 1.80. The summed E-state index contributed by atoms with van der Waals surface area (Å²) in [5.41, 5.74) is 3.87. The first kappa shape index (κ1) is 11.9. The standard InChI is InChI=1S/C12H13O.Zr/c13-9-8-11-6-3-7-12(11)10-4-1-2-5-10;/h1-2,4,7,13H,3,5,8-9H2;/q-1;. The van der Waals surface area contributed by atoms with Crippen molar-refractivity contribution < 1.29 is 31.3 Å². The Balaban J connectivity index is 0.000000980. The van der Waals surface area contributed by atoms with Crippen molar-refractivity contribution in [2.24, 2.45) is 0 Å². The van der Waals surface area contributed by atoms with Gasteiger partial charge in [0, 0.05) is 32.8 Å². The SMILES string of the molecule is OCCC1=[C-]CC=C1C1=CC=CC1.[Zr]. The number of aliphatic hydroxyl groups excluding tert-OH is 1. The number of allylic oxidation sites excluding steroid dienone is 7. The van der Waals surface area contributed by atoms with E-state index in [-0.39, 0.29) is 32.8 Å². The molecule has 0 heterocycles. The van der Waals surface area contributed by atoms with Crippen molar-refractivity contribution in [3.05, 3.63) is 47.1 Å². The Labute approximate surface area is 104 Å². The molecule has 2 rings (SSSR count). The maximum absolute atomic E-state index is 8.86. The molecular formula is C12H13OZr-. The molecule has 0 saturated heterocycles. The van der Waals surface area contributed by atoms with Gasteiger partial charge in [-0.15, -0.1) is 12.0 Å². The summed E-state index contributed by atoms with van der Waals surface area (Å²) >= 11 is 0. The Morgan fingerprint density at radius 1 is 1.43 bits per heavy atom. The topological polar surface area (TPSA) is 20.2 Å². The summed E-state index contributed by atoms with van der Waals surface area (Å²) < 4.78 is 0. The van der Waals surface area contributed by atoms with Gasteiger partial charge in [0.05, 0.1) is 0 Å². The van der Waals surface area contributed by atoms with Gasteiger partial charge < -0.3 is 5.11 Å². The molecule has 0 bridgehead atoms. The van der Waals surface area contributed by atoms with E-state index in [1.807, 2.05) is 0 Å². The summed E-state index contributed by atoms with van der Waals surface area (Å²) in [7, 11) is 0. The maximum atomic E-state index is 8.86. The predicted octanol–water partition coefficient (Wildman–Crippen LogP) is 2.31. The fourth-order valence-corrected chi connectivity index (χ4v) is 1.80. The monoisotopic (exact) mass is 263 g/mol. The van der Waals surface area contributed by atoms with E-state index in [0.29, 0.717) is 0 Å². The summed E-state index contributed by atoms with van der Waals surface area (Å²) in [5, 5.41) is 8.86. The van der Waals surface area contributed by atoms with Crippen LogP contribution in [0.3, 0.4) is 0 Å². The minimum atomic E-state index is 0. The molecule has 0 aromatic heterocycles. The smallest absolute Gasteiger partial charge is 0.0442 e. The van der Waals surface area contributed by atoms with E-state index in [1.54, 1.807) is 0 Å². The Morgan fingerprint density at radius 2 is 2.29 bits per heavy atom. The average molecular weight is 264 g/mol. The summed E-state index contributed by atoms with van der Waals surface area (Å²) in [5.74, 6) is 0. The van der Waals surface area contributed by atoms with Crippen LogP contribution in [-0.2, 0) is 26.2 Å². The van der Waals surface area contributed by atoms with Crippen molar-refractivity contribution in [1.82, 2.24) is 0 Å². The van der Waals surface area contributed by atoms with E-state index in [4.69, 9.17) is 5.11 Å². The Kier molecular flexibility index (Phi) is 4.77. The Bertz CT molecular complexity index is 321. The van der Waals surface area contributed by atoms with Gasteiger partial charge in [-0.05, 0) is 12.8 Å². The van der Waals surface area contributed by atoms with E-state index in [0.717, 1.165) is 19.3 Å². The van der Waals surface area contributed by atoms with Gasteiger partial charge in [0.1, 0.15) is 0 Å². The van der Waals surface area contributed by atoms with E-state index < -0.39 is 0 Å². The predicted molar refractivity (Wildman–Crippen MR) is 53.0 cm³/mol. The second-order valence-electron chi connectivity index (χ2n) is 3.28. The molecule has 0 saturated carbocycles. The van der Waals surface area contributed by atoms with Gasteiger partial charge in [-0.2, -0.15) is 11.6 Å². The van der Waals surface area contributed by atoms with E-state index in [1.165, 1.54) is 16.7 Å². The zero-order valence-corrected chi connectivity index (χ0v) is 10.5. The second-order valence-corrected chi connectivity index (χ2v) is 3.28. The summed E-state index contributed by atoms with van der Waals surface area (Å²) in [6.07, 6.45) is 14.5. The second kappa shape index (κ2) is 5.63. The third-order valence-corrected chi connectivity index (χ3v) is 2.43. The van der Waals surface area contributed by atoms with Crippen LogP contribution in [0.2, 0.25) is 0 Å². The molecule has 0 radical (unpaired) electrons. The first-order valence-electron chi connectivity index (χ1n) is 4.69. The van der Waals surface area contributed by atoms with Crippen molar-refractivity contribution in [3.8, 4) is 0 Å². The molecule has 0 fully saturated rings. The molecule has 0 aliphatic heterocycles. The Morgan fingerprint density at radius 3 is 2.93 bits per heavy atom. The third kappa shape index (κ3) is 2.43. The van der Waals surface area contributed by atoms with E-state index >= 15 is 0 Å². The average Bonchev–Trinajstić information content (AvgIpc) is 2.71. The van der Waals surface area contributed by atoms with Crippen molar-refractivity contribution >= 4 is 0 Å². The van der Waals surface area contributed by atoms with Gasteiger partial charge in [0.25, 0.3) is 0 Å². The van der Waals surface area contributed by atoms with Crippen LogP contribution in [0.4, 0.5) is 0 Å². The number of hydrogen-bond donors (Lipinski definition) is 1. The van der Waals surface area contributed by atoms with Crippen molar-refractivity contribution in [2.45, 2.75) is 19.3 Å². The van der Waals surface area contributed by atoms with Crippen molar-refractivity contribution in [1.29, 1.82) is 0 Å². The van der Waals surface area contributed by atoms with Gasteiger partial charge in [-0.25, -0.2) is 5.57 Å². The van der Waals surface area contributed by atoms with Crippen molar-refractivity contribution in [2.75, 3.05) is 6.61 Å². The molecule has 2 aliphatic carbocycles. The molecule has 1 nitrogen and oxygen atoms in total. The van der Waals surface area contributed by atoms with Crippen LogP contribution in [-0.4, -0.2) is 11.7 Å². The van der Waals surface area contributed by atoms with Gasteiger partial charge >= 0.3 is 0 Å². The minimum absolute atomic E-state index is 0. The molecule has 0 aromatic carbocycles. The summed E-state index contributed by atoms with van der Waals surface area (Å²) in [4.78, 5) is 0. The number of rotatable bonds is 3. The summed E-state index contributed by atoms with van der Waals surface area (Å²) in [6, 6.07) is 0. The molecule has 72 valence electrons. The molecule has 2 heteroatoms. The van der Waals surface area contributed by atoms with Gasteiger partial charge in [0.2, 0.25) is 0 Å². The van der Waals surface area contributed by atoms with Gasteiger partial charge in [0.15, 0.2) is 0 Å². The van der Waals surface area contributed by atoms with Crippen LogP contribution in [0.5, 0.6) is 0 Å².